The maximum atomic E-state index is 13.7. The number of rotatable bonds is 7. The second-order valence-corrected chi connectivity index (χ2v) is 10.2. The van der Waals surface area contributed by atoms with Gasteiger partial charge in [-0.2, -0.15) is 0 Å². The number of nitrogens with zero attached hydrogens (tertiary/aromatic N) is 1. The SMILES string of the molecule is C[C@H](NC(=O)C(C)(C)N(C(=O)c1ccccc1)[C@@H](C)c1ccccc1)C12OCC(C)(CO1)CO2. The number of nitrogens with one attached hydrogen (secondary N) is 1. The third-order valence-corrected chi connectivity index (χ3v) is 6.81. The van der Waals surface area contributed by atoms with E-state index in [0.29, 0.717) is 25.4 Å². The quantitative estimate of drug-likeness (QED) is 0.670. The Balaban J connectivity index is 1.60. The first-order valence-electron chi connectivity index (χ1n) is 11.7. The molecular formula is C27H34N2O5. The fourth-order valence-corrected chi connectivity index (χ4v) is 4.53. The van der Waals surface area contributed by atoms with Crippen LogP contribution in [0.5, 0.6) is 0 Å². The third kappa shape index (κ3) is 4.48. The molecule has 3 fully saturated rings. The van der Waals surface area contributed by atoms with E-state index >= 15 is 0 Å². The summed E-state index contributed by atoms with van der Waals surface area (Å²) in [5.41, 5.74) is 0.0967. The fraction of sp³-hybridized carbons (Fsp3) is 0.481. The standard InChI is InChI=1S/C27H34N2O5/c1-19(21-12-8-6-9-13-21)29(23(30)22-14-10-7-11-15-22)25(3,4)24(31)28-20(2)27-32-16-26(5,17-33-27)18-34-27/h6-15,19-20H,16-18H2,1-5H3,(H,28,31)/t19-,20-,26?,27?/m0/s1. The van der Waals surface area contributed by atoms with Crippen molar-refractivity contribution in [1.82, 2.24) is 10.2 Å². The summed E-state index contributed by atoms with van der Waals surface area (Å²) in [6, 6.07) is 17.8. The fourth-order valence-electron chi connectivity index (χ4n) is 4.53. The van der Waals surface area contributed by atoms with Crippen LogP contribution in [0.1, 0.15) is 56.6 Å². The molecule has 1 N–H and O–H groups in total. The molecule has 182 valence electrons. The van der Waals surface area contributed by atoms with Crippen LogP contribution >= 0.6 is 0 Å². The van der Waals surface area contributed by atoms with Gasteiger partial charge in [-0.3, -0.25) is 9.59 Å². The molecule has 0 spiro atoms. The molecule has 2 aromatic carbocycles. The van der Waals surface area contributed by atoms with Crippen LogP contribution in [0.15, 0.2) is 60.7 Å². The van der Waals surface area contributed by atoms with Crippen molar-refractivity contribution in [1.29, 1.82) is 0 Å². The molecule has 0 unspecified atom stereocenters. The number of ether oxygens (including phenoxy) is 3. The number of amides is 2. The van der Waals surface area contributed by atoms with E-state index in [0.717, 1.165) is 5.56 Å². The lowest BCUT2D eigenvalue weighted by molar-refractivity contribution is -0.472. The lowest BCUT2D eigenvalue weighted by atomic mass is 9.91. The van der Waals surface area contributed by atoms with E-state index in [1.54, 1.807) is 37.8 Å². The summed E-state index contributed by atoms with van der Waals surface area (Å²) in [5.74, 6) is -1.86. The number of benzene rings is 2. The normalized spacial score (nSPS) is 25.9. The van der Waals surface area contributed by atoms with E-state index in [1.807, 2.05) is 62.4 Å². The molecule has 7 heteroatoms. The third-order valence-electron chi connectivity index (χ3n) is 6.81. The predicted molar refractivity (Wildman–Crippen MR) is 128 cm³/mol. The van der Waals surface area contributed by atoms with Gasteiger partial charge in [0.15, 0.2) is 0 Å². The topological polar surface area (TPSA) is 77.1 Å². The highest BCUT2D eigenvalue weighted by molar-refractivity contribution is 5.99. The summed E-state index contributed by atoms with van der Waals surface area (Å²) >= 11 is 0. The van der Waals surface area contributed by atoms with Crippen molar-refractivity contribution in [3.8, 4) is 0 Å². The number of fused-ring (bicyclic) bond motifs is 3. The molecule has 7 nitrogen and oxygen atoms in total. The summed E-state index contributed by atoms with van der Waals surface area (Å²) < 4.78 is 17.7. The molecule has 3 saturated heterocycles. The van der Waals surface area contributed by atoms with E-state index in [1.165, 1.54) is 0 Å². The summed E-state index contributed by atoms with van der Waals surface area (Å²) in [4.78, 5) is 29.1. The zero-order chi connectivity index (χ0) is 24.6. The van der Waals surface area contributed by atoms with E-state index in [-0.39, 0.29) is 23.3 Å². The highest BCUT2D eigenvalue weighted by atomic mass is 16.9. The van der Waals surface area contributed by atoms with Gasteiger partial charge < -0.3 is 24.4 Å². The van der Waals surface area contributed by atoms with Gasteiger partial charge in [-0.15, -0.1) is 0 Å². The van der Waals surface area contributed by atoms with Crippen molar-refractivity contribution in [3.63, 3.8) is 0 Å². The first-order chi connectivity index (χ1) is 16.1. The van der Waals surface area contributed by atoms with Gasteiger partial charge in [0.25, 0.3) is 5.91 Å². The molecule has 2 aromatic rings. The first-order valence-corrected chi connectivity index (χ1v) is 11.7. The van der Waals surface area contributed by atoms with Crippen LogP contribution in [0.3, 0.4) is 0 Å². The van der Waals surface area contributed by atoms with Gasteiger partial charge in [0, 0.05) is 11.0 Å². The van der Waals surface area contributed by atoms with Crippen molar-refractivity contribution in [2.45, 2.75) is 58.2 Å². The lowest BCUT2D eigenvalue weighted by Crippen LogP contribution is -2.68. The Labute approximate surface area is 201 Å². The minimum absolute atomic E-state index is 0.172. The Morgan fingerprint density at radius 1 is 0.912 bits per heavy atom. The van der Waals surface area contributed by atoms with Crippen LogP contribution in [0, 0.1) is 5.41 Å². The first kappa shape index (κ1) is 24.4. The molecule has 3 aliphatic heterocycles. The van der Waals surface area contributed by atoms with Crippen LogP contribution in [0.4, 0.5) is 0 Å². The van der Waals surface area contributed by atoms with Crippen LogP contribution < -0.4 is 5.32 Å². The average Bonchev–Trinajstić information content (AvgIpc) is 2.85. The molecule has 0 radical (unpaired) electrons. The van der Waals surface area contributed by atoms with Gasteiger partial charge in [0.1, 0.15) is 11.6 Å². The largest absolute Gasteiger partial charge is 0.343 e. The summed E-state index contributed by atoms with van der Waals surface area (Å²) in [6.07, 6.45) is 0. The van der Waals surface area contributed by atoms with Crippen molar-refractivity contribution in [3.05, 3.63) is 71.8 Å². The van der Waals surface area contributed by atoms with Gasteiger partial charge in [-0.1, -0.05) is 55.5 Å². The monoisotopic (exact) mass is 466 g/mol. The van der Waals surface area contributed by atoms with Gasteiger partial charge in [0.05, 0.1) is 25.9 Å². The number of carbonyl (C=O) groups excluding carboxylic acids is 2. The Hall–Kier alpha value is -2.74. The van der Waals surface area contributed by atoms with Crippen LogP contribution in [-0.2, 0) is 19.0 Å². The number of hydrogen-bond acceptors (Lipinski definition) is 5. The van der Waals surface area contributed by atoms with Crippen LogP contribution in [0.2, 0.25) is 0 Å². The van der Waals surface area contributed by atoms with Gasteiger partial charge in [-0.25, -0.2) is 0 Å². The van der Waals surface area contributed by atoms with Crippen LogP contribution in [0.25, 0.3) is 0 Å². The molecule has 3 heterocycles. The Morgan fingerprint density at radius 2 is 1.41 bits per heavy atom. The summed E-state index contributed by atoms with van der Waals surface area (Å²) in [5, 5.41) is 3.00. The maximum absolute atomic E-state index is 13.7. The minimum Gasteiger partial charge on any atom is -0.343 e. The summed E-state index contributed by atoms with van der Waals surface area (Å²) in [7, 11) is 0. The van der Waals surface area contributed by atoms with Gasteiger partial charge in [0.2, 0.25) is 5.91 Å². The zero-order valence-corrected chi connectivity index (χ0v) is 20.5. The highest BCUT2D eigenvalue weighted by Gasteiger charge is 2.55. The van der Waals surface area contributed by atoms with E-state index in [4.69, 9.17) is 14.2 Å². The molecule has 0 saturated carbocycles. The molecule has 0 aliphatic carbocycles. The predicted octanol–water partition coefficient (Wildman–Crippen LogP) is 3.91. The smallest absolute Gasteiger partial charge is 0.304 e. The zero-order valence-electron chi connectivity index (χ0n) is 20.5. The summed E-state index contributed by atoms with van der Waals surface area (Å²) in [6.45, 7) is 10.8. The van der Waals surface area contributed by atoms with E-state index < -0.39 is 17.6 Å². The molecule has 2 amide bonds. The molecule has 2 atom stereocenters. The molecular weight excluding hydrogens is 432 g/mol. The average molecular weight is 467 g/mol. The molecule has 0 aromatic heterocycles. The Bertz CT molecular complexity index is 999. The second-order valence-electron chi connectivity index (χ2n) is 10.2. The van der Waals surface area contributed by atoms with Gasteiger partial charge in [-0.05, 0) is 45.4 Å². The number of hydrogen-bond donors (Lipinski definition) is 1. The van der Waals surface area contributed by atoms with Crippen molar-refractivity contribution < 1.29 is 23.8 Å². The van der Waals surface area contributed by atoms with Crippen molar-refractivity contribution >= 4 is 11.8 Å². The van der Waals surface area contributed by atoms with Crippen molar-refractivity contribution in [2.75, 3.05) is 19.8 Å². The lowest BCUT2D eigenvalue weighted by Gasteiger charge is -2.52. The maximum Gasteiger partial charge on any atom is 0.304 e. The molecule has 2 bridgehead atoms. The van der Waals surface area contributed by atoms with E-state index in [9.17, 15) is 9.59 Å². The Kier molecular flexibility index (Phi) is 6.55. The Morgan fingerprint density at radius 3 is 1.94 bits per heavy atom. The number of carbonyl (C=O) groups is 2. The molecule has 3 aliphatic rings. The van der Waals surface area contributed by atoms with Gasteiger partial charge >= 0.3 is 5.97 Å². The molecule has 34 heavy (non-hydrogen) atoms. The second kappa shape index (κ2) is 9.13. The van der Waals surface area contributed by atoms with E-state index in [2.05, 4.69) is 5.32 Å². The minimum atomic E-state index is -1.32. The highest BCUT2D eigenvalue weighted by Crippen LogP contribution is 2.40. The van der Waals surface area contributed by atoms with Crippen molar-refractivity contribution in [2.24, 2.45) is 5.41 Å². The van der Waals surface area contributed by atoms with Crippen LogP contribution in [-0.4, -0.2) is 54.1 Å². The molecule has 5 rings (SSSR count).